The molecule has 0 aliphatic heterocycles. The molecule has 1 amide bonds. The third-order valence-corrected chi connectivity index (χ3v) is 2.97. The van der Waals surface area contributed by atoms with Crippen molar-refractivity contribution in [2.75, 3.05) is 5.32 Å². The molecule has 0 bridgehead atoms. The standard InChI is InChI=1S/C15H10F2N2O2/c16-10-2-4-12(11(17)7-10)19-15(20)6-9-1-3-13-14(5-9)21-8-18-13/h1-5,7-8H,6H2,(H,19,20). The first-order valence-corrected chi connectivity index (χ1v) is 6.19. The van der Waals surface area contributed by atoms with E-state index in [9.17, 15) is 13.6 Å². The topological polar surface area (TPSA) is 55.1 Å². The predicted octanol–water partition coefficient (Wildman–Crippen LogP) is 3.29. The molecular weight excluding hydrogens is 278 g/mol. The lowest BCUT2D eigenvalue weighted by Gasteiger charge is -2.06. The molecule has 3 rings (SSSR count). The van der Waals surface area contributed by atoms with E-state index in [2.05, 4.69) is 10.3 Å². The first-order chi connectivity index (χ1) is 10.1. The Morgan fingerprint density at radius 2 is 2.05 bits per heavy atom. The van der Waals surface area contributed by atoms with Crippen LogP contribution < -0.4 is 5.32 Å². The summed E-state index contributed by atoms with van der Waals surface area (Å²) in [6.07, 6.45) is 1.37. The van der Waals surface area contributed by atoms with E-state index in [-0.39, 0.29) is 12.1 Å². The van der Waals surface area contributed by atoms with Crippen molar-refractivity contribution in [3.8, 4) is 0 Å². The number of aromatic nitrogens is 1. The van der Waals surface area contributed by atoms with Crippen molar-refractivity contribution in [1.29, 1.82) is 0 Å². The molecule has 0 fully saturated rings. The normalized spacial score (nSPS) is 10.8. The van der Waals surface area contributed by atoms with Crippen LogP contribution >= 0.6 is 0 Å². The number of amides is 1. The Hall–Kier alpha value is -2.76. The molecule has 0 atom stereocenters. The van der Waals surface area contributed by atoms with Crippen LogP contribution in [0.2, 0.25) is 0 Å². The van der Waals surface area contributed by atoms with Crippen molar-refractivity contribution in [3.63, 3.8) is 0 Å². The van der Waals surface area contributed by atoms with Gasteiger partial charge >= 0.3 is 0 Å². The van der Waals surface area contributed by atoms with Gasteiger partial charge in [-0.2, -0.15) is 0 Å². The van der Waals surface area contributed by atoms with Crippen LogP contribution in [0.25, 0.3) is 11.1 Å². The molecule has 0 saturated carbocycles. The third kappa shape index (κ3) is 2.89. The Bertz CT molecular complexity index is 814. The minimum absolute atomic E-state index is 0.0491. The van der Waals surface area contributed by atoms with E-state index in [4.69, 9.17) is 4.42 Å². The molecule has 0 radical (unpaired) electrons. The largest absolute Gasteiger partial charge is 0.443 e. The van der Waals surface area contributed by atoms with Crippen LogP contribution in [0.4, 0.5) is 14.5 Å². The number of nitrogens with one attached hydrogen (secondary N) is 1. The Balaban J connectivity index is 1.73. The fraction of sp³-hybridized carbons (Fsp3) is 0.0667. The number of oxazole rings is 1. The second kappa shape index (κ2) is 5.32. The number of benzene rings is 2. The fourth-order valence-corrected chi connectivity index (χ4v) is 1.98. The van der Waals surface area contributed by atoms with Crippen molar-refractivity contribution in [2.24, 2.45) is 0 Å². The zero-order valence-corrected chi connectivity index (χ0v) is 10.8. The van der Waals surface area contributed by atoms with Crippen molar-refractivity contribution < 1.29 is 18.0 Å². The third-order valence-electron chi connectivity index (χ3n) is 2.97. The van der Waals surface area contributed by atoms with Gasteiger partial charge in [0.25, 0.3) is 0 Å². The highest BCUT2D eigenvalue weighted by molar-refractivity contribution is 5.92. The summed E-state index contributed by atoms with van der Waals surface area (Å²) in [4.78, 5) is 15.8. The van der Waals surface area contributed by atoms with E-state index in [1.807, 2.05) is 0 Å². The highest BCUT2D eigenvalue weighted by Gasteiger charge is 2.10. The molecule has 6 heteroatoms. The molecule has 0 spiro atoms. The summed E-state index contributed by atoms with van der Waals surface area (Å²) < 4.78 is 31.4. The Morgan fingerprint density at radius 1 is 1.19 bits per heavy atom. The average molecular weight is 288 g/mol. The zero-order valence-electron chi connectivity index (χ0n) is 10.8. The number of carbonyl (C=O) groups excluding carboxylic acids is 1. The molecular formula is C15H10F2N2O2. The van der Waals surface area contributed by atoms with Crippen molar-refractivity contribution in [2.45, 2.75) is 6.42 Å². The number of carbonyl (C=O) groups is 1. The highest BCUT2D eigenvalue weighted by Crippen LogP contribution is 2.17. The van der Waals surface area contributed by atoms with E-state index >= 15 is 0 Å². The molecule has 1 heterocycles. The summed E-state index contributed by atoms with van der Waals surface area (Å²) >= 11 is 0. The molecule has 2 aromatic carbocycles. The number of hydrogen-bond acceptors (Lipinski definition) is 3. The van der Waals surface area contributed by atoms with Crippen LogP contribution in [0, 0.1) is 11.6 Å². The van der Waals surface area contributed by atoms with Crippen LogP contribution in [0.3, 0.4) is 0 Å². The van der Waals surface area contributed by atoms with Gasteiger partial charge in [0, 0.05) is 6.07 Å². The summed E-state index contributed by atoms with van der Waals surface area (Å²) in [7, 11) is 0. The molecule has 106 valence electrons. The van der Waals surface area contributed by atoms with Gasteiger partial charge in [0.15, 0.2) is 12.0 Å². The number of rotatable bonds is 3. The molecule has 0 saturated heterocycles. The van der Waals surface area contributed by atoms with Crippen molar-refractivity contribution >= 4 is 22.7 Å². The van der Waals surface area contributed by atoms with Gasteiger partial charge in [-0.3, -0.25) is 4.79 Å². The van der Waals surface area contributed by atoms with Gasteiger partial charge in [-0.1, -0.05) is 6.07 Å². The van der Waals surface area contributed by atoms with Gasteiger partial charge < -0.3 is 9.73 Å². The molecule has 0 unspecified atom stereocenters. The highest BCUT2D eigenvalue weighted by atomic mass is 19.1. The smallest absolute Gasteiger partial charge is 0.228 e. The molecule has 4 nitrogen and oxygen atoms in total. The summed E-state index contributed by atoms with van der Waals surface area (Å²) in [5, 5.41) is 2.40. The van der Waals surface area contributed by atoms with E-state index in [1.54, 1.807) is 18.2 Å². The summed E-state index contributed by atoms with van der Waals surface area (Å²) in [5.41, 5.74) is 1.93. The molecule has 3 aromatic rings. The Kier molecular flexibility index (Phi) is 3.35. The first-order valence-electron chi connectivity index (χ1n) is 6.19. The fourth-order valence-electron chi connectivity index (χ4n) is 1.98. The van der Waals surface area contributed by atoms with E-state index in [0.29, 0.717) is 16.7 Å². The van der Waals surface area contributed by atoms with Crippen LogP contribution in [0.15, 0.2) is 47.2 Å². The summed E-state index contributed by atoms with van der Waals surface area (Å²) in [6, 6.07) is 8.16. The van der Waals surface area contributed by atoms with Crippen molar-refractivity contribution in [3.05, 3.63) is 60.0 Å². The summed E-state index contributed by atoms with van der Waals surface area (Å²) in [6.45, 7) is 0. The lowest BCUT2D eigenvalue weighted by molar-refractivity contribution is -0.115. The number of anilines is 1. The van der Waals surface area contributed by atoms with Gasteiger partial charge in [0.05, 0.1) is 12.1 Å². The number of nitrogens with zero attached hydrogens (tertiary/aromatic N) is 1. The monoisotopic (exact) mass is 288 g/mol. The van der Waals surface area contributed by atoms with E-state index < -0.39 is 17.5 Å². The quantitative estimate of drug-likeness (QED) is 0.804. The molecule has 0 aliphatic carbocycles. The molecule has 21 heavy (non-hydrogen) atoms. The van der Waals surface area contributed by atoms with E-state index in [0.717, 1.165) is 12.1 Å². The van der Waals surface area contributed by atoms with Crippen LogP contribution in [0.1, 0.15) is 5.56 Å². The zero-order chi connectivity index (χ0) is 14.8. The van der Waals surface area contributed by atoms with E-state index in [1.165, 1.54) is 12.5 Å². The molecule has 1 N–H and O–H groups in total. The maximum atomic E-state index is 13.4. The summed E-state index contributed by atoms with van der Waals surface area (Å²) in [5.74, 6) is -1.91. The SMILES string of the molecule is O=C(Cc1ccc2ncoc2c1)Nc1ccc(F)cc1F. The minimum atomic E-state index is -0.811. The van der Waals surface area contributed by atoms with Gasteiger partial charge in [0.2, 0.25) is 5.91 Å². The van der Waals surface area contributed by atoms with Crippen LogP contribution in [0.5, 0.6) is 0 Å². The number of halogens is 2. The van der Waals surface area contributed by atoms with Gasteiger partial charge in [-0.05, 0) is 29.8 Å². The van der Waals surface area contributed by atoms with Crippen molar-refractivity contribution in [1.82, 2.24) is 4.98 Å². The van der Waals surface area contributed by atoms with Crippen LogP contribution in [-0.4, -0.2) is 10.9 Å². The average Bonchev–Trinajstić information content (AvgIpc) is 2.89. The van der Waals surface area contributed by atoms with Gasteiger partial charge in [-0.25, -0.2) is 13.8 Å². The lowest BCUT2D eigenvalue weighted by atomic mass is 10.1. The second-order valence-corrected chi connectivity index (χ2v) is 4.50. The van der Waals surface area contributed by atoms with Gasteiger partial charge in [0.1, 0.15) is 17.2 Å². The maximum absolute atomic E-state index is 13.4. The van der Waals surface area contributed by atoms with Gasteiger partial charge in [-0.15, -0.1) is 0 Å². The maximum Gasteiger partial charge on any atom is 0.228 e. The predicted molar refractivity (Wildman–Crippen MR) is 72.7 cm³/mol. The Labute approximate surface area is 118 Å². The number of hydrogen-bond donors (Lipinski definition) is 1. The lowest BCUT2D eigenvalue weighted by Crippen LogP contribution is -2.15. The molecule has 1 aromatic heterocycles. The second-order valence-electron chi connectivity index (χ2n) is 4.50. The van der Waals surface area contributed by atoms with Crippen LogP contribution in [-0.2, 0) is 11.2 Å². The molecule has 0 aliphatic rings. The number of fused-ring (bicyclic) bond motifs is 1. The first kappa shape index (κ1) is 13.2. The Morgan fingerprint density at radius 3 is 2.86 bits per heavy atom. The minimum Gasteiger partial charge on any atom is -0.443 e.